The lowest BCUT2D eigenvalue weighted by Gasteiger charge is -2.46. The maximum atomic E-state index is 16.0. The van der Waals surface area contributed by atoms with Crippen LogP contribution in [0.5, 0.6) is 11.5 Å². The van der Waals surface area contributed by atoms with Crippen molar-refractivity contribution < 1.29 is 55.0 Å². The Bertz CT molecular complexity index is 1690. The van der Waals surface area contributed by atoms with Gasteiger partial charge < -0.3 is 33.3 Å². The number of phosphoric ester groups is 1. The molecule has 0 radical (unpaired) electrons. The van der Waals surface area contributed by atoms with Gasteiger partial charge in [-0.25, -0.2) is 8.96 Å². The zero-order valence-electron chi connectivity index (χ0n) is 46.7. The molecule has 0 bridgehead atoms. The topological polar surface area (TPSA) is 111 Å². The fourth-order valence-electron chi connectivity index (χ4n) is 9.62. The van der Waals surface area contributed by atoms with E-state index in [1.165, 1.54) is 115 Å². The molecular weight excluding hydrogens is 979 g/mol. The van der Waals surface area contributed by atoms with E-state index in [2.05, 4.69) is 32.7 Å². The lowest BCUT2D eigenvalue weighted by Crippen LogP contribution is -2.67. The summed E-state index contributed by atoms with van der Waals surface area (Å²) < 4.78 is 106. The highest BCUT2D eigenvalue weighted by atomic mass is 31.2. The van der Waals surface area contributed by atoms with Crippen LogP contribution in [0.4, 0.5) is 13.2 Å². The molecule has 430 valence electrons. The lowest BCUT2D eigenvalue weighted by atomic mass is 9.96. The number of unbranched alkanes of at least 4 members (excludes halogenated alkanes) is 26. The first kappa shape index (κ1) is 66.4. The third-order valence-corrected chi connectivity index (χ3v) is 15.4. The number of carbonyl (C=O) groups is 1. The van der Waals surface area contributed by atoms with E-state index in [-0.39, 0.29) is 37.2 Å². The van der Waals surface area contributed by atoms with Crippen LogP contribution in [0.2, 0.25) is 0 Å². The van der Waals surface area contributed by atoms with Crippen LogP contribution in [0.25, 0.3) is 0 Å². The number of amides is 1. The van der Waals surface area contributed by atoms with Gasteiger partial charge in [-0.05, 0) is 49.9 Å². The van der Waals surface area contributed by atoms with E-state index in [4.69, 9.17) is 32.5 Å². The average Bonchev–Trinajstić information content (AvgIpc) is 3.40. The largest absolute Gasteiger partial charge is 0.588 e. The van der Waals surface area contributed by atoms with Crippen molar-refractivity contribution in [1.29, 1.82) is 0 Å². The highest BCUT2D eigenvalue weighted by Gasteiger charge is 2.54. The van der Waals surface area contributed by atoms with Gasteiger partial charge in [-0.15, -0.1) is 6.58 Å². The Hall–Kier alpha value is -2.93. The summed E-state index contributed by atoms with van der Waals surface area (Å²) in [5, 5.41) is 2.49. The number of rotatable bonds is 49. The summed E-state index contributed by atoms with van der Waals surface area (Å²) in [5.41, 5.74) is 0. The van der Waals surface area contributed by atoms with Gasteiger partial charge in [-0.2, -0.15) is 8.78 Å². The molecule has 1 heterocycles. The Morgan fingerprint density at radius 1 is 0.627 bits per heavy atom. The number of hydrogen-bond donors (Lipinski definition) is 1. The molecule has 1 N–H and O–H groups in total. The molecule has 1 aliphatic rings. The summed E-state index contributed by atoms with van der Waals surface area (Å²) in [6.07, 6.45) is 27.9. The second kappa shape index (κ2) is 42.1. The molecule has 1 amide bonds. The van der Waals surface area contributed by atoms with Crippen molar-refractivity contribution in [3.63, 3.8) is 0 Å². The molecule has 10 nitrogen and oxygen atoms in total. The second-order valence-corrected chi connectivity index (χ2v) is 22.2. The maximum absolute atomic E-state index is 16.0. The van der Waals surface area contributed by atoms with E-state index in [0.29, 0.717) is 19.4 Å². The number of phosphoric acid groups is 1. The van der Waals surface area contributed by atoms with Crippen LogP contribution < -0.4 is 14.4 Å². The number of alkyl halides is 3. The molecule has 3 rings (SSSR count). The fourth-order valence-corrected chi connectivity index (χ4v) is 11.1. The molecular formula is C61H101F3NO9P. The van der Waals surface area contributed by atoms with Crippen molar-refractivity contribution in [1.82, 2.24) is 5.32 Å². The van der Waals surface area contributed by atoms with Crippen molar-refractivity contribution in [2.75, 3.05) is 26.5 Å². The lowest BCUT2D eigenvalue weighted by molar-refractivity contribution is -0.269. The van der Waals surface area contributed by atoms with Crippen LogP contribution in [0.3, 0.4) is 0 Å². The van der Waals surface area contributed by atoms with Gasteiger partial charge in [0.2, 0.25) is 0 Å². The van der Waals surface area contributed by atoms with Gasteiger partial charge in [0.15, 0.2) is 6.29 Å². The van der Waals surface area contributed by atoms with Crippen molar-refractivity contribution in [3.05, 3.63) is 73.3 Å². The molecule has 1 fully saturated rings. The Morgan fingerprint density at radius 3 is 1.55 bits per heavy atom. The summed E-state index contributed by atoms with van der Waals surface area (Å²) in [4.78, 5) is 13.9. The van der Waals surface area contributed by atoms with Crippen LogP contribution >= 0.6 is 7.82 Å². The first-order chi connectivity index (χ1) is 36.6. The van der Waals surface area contributed by atoms with Gasteiger partial charge in [-0.3, -0.25) is 9.32 Å². The zero-order chi connectivity index (χ0) is 54.1. The normalized spacial score (nSPS) is 18.5. The molecule has 75 heavy (non-hydrogen) atoms. The molecule has 1 aliphatic heterocycles. The van der Waals surface area contributed by atoms with Gasteiger partial charge in [0.05, 0.1) is 12.7 Å². The maximum Gasteiger partial charge on any atom is 0.588 e. The van der Waals surface area contributed by atoms with Gasteiger partial charge in [0, 0.05) is 19.6 Å². The minimum Gasteiger partial charge on any atom is -0.395 e. The number of halogens is 3. The van der Waals surface area contributed by atoms with Crippen molar-refractivity contribution in [2.24, 2.45) is 0 Å². The van der Waals surface area contributed by atoms with E-state index in [0.717, 1.165) is 70.6 Å². The predicted molar refractivity (Wildman–Crippen MR) is 299 cm³/mol. The first-order valence-electron chi connectivity index (χ1n) is 29.7. The summed E-state index contributed by atoms with van der Waals surface area (Å²) in [6.45, 7) is 9.67. The number of carbonyl (C=O) groups excluding carboxylic acids is 1. The molecule has 0 aliphatic carbocycles. The zero-order valence-corrected chi connectivity index (χ0v) is 47.6. The summed E-state index contributed by atoms with van der Waals surface area (Å²) in [6, 6.07) is 15.0. The number of para-hydroxylation sites is 2. The third kappa shape index (κ3) is 29.6. The molecule has 6 atom stereocenters. The molecule has 0 unspecified atom stereocenters. The van der Waals surface area contributed by atoms with Crippen LogP contribution in [-0.2, 0) is 32.8 Å². The summed E-state index contributed by atoms with van der Waals surface area (Å²) in [7, 11) is -4.78. The summed E-state index contributed by atoms with van der Waals surface area (Å²) in [5.74, 6) is -5.07. The number of nitrogens with one attached hydrogen (secondary N) is 1. The van der Waals surface area contributed by atoms with Gasteiger partial charge >= 0.3 is 13.7 Å². The molecule has 14 heteroatoms. The molecule has 2 aromatic rings. The minimum absolute atomic E-state index is 0.00257. The van der Waals surface area contributed by atoms with E-state index >= 15 is 13.2 Å². The number of ether oxygens (including phenoxy) is 4. The van der Waals surface area contributed by atoms with E-state index in [1.807, 2.05) is 0 Å². The Labute approximate surface area is 452 Å². The average molecular weight is 1080 g/mol. The van der Waals surface area contributed by atoms with Gasteiger partial charge in [0.1, 0.15) is 42.5 Å². The molecule has 2 aromatic carbocycles. The summed E-state index contributed by atoms with van der Waals surface area (Å²) >= 11 is 0. The van der Waals surface area contributed by atoms with Crippen LogP contribution in [-0.4, -0.2) is 75.1 Å². The van der Waals surface area contributed by atoms with E-state index < -0.39 is 63.4 Å². The quantitative estimate of drug-likeness (QED) is 0.0393. The highest BCUT2D eigenvalue weighted by Crippen LogP contribution is 2.52. The molecule has 0 saturated carbocycles. The number of benzene rings is 2. The van der Waals surface area contributed by atoms with Crippen molar-refractivity contribution in [2.45, 2.75) is 269 Å². The minimum atomic E-state index is -4.78. The van der Waals surface area contributed by atoms with Crippen molar-refractivity contribution >= 4 is 13.7 Å². The van der Waals surface area contributed by atoms with Crippen LogP contribution in [0.1, 0.15) is 226 Å². The van der Waals surface area contributed by atoms with Crippen LogP contribution in [0.15, 0.2) is 73.3 Å². The number of hydrogen-bond acceptors (Lipinski definition) is 9. The Morgan fingerprint density at radius 2 is 1.08 bits per heavy atom. The second-order valence-electron chi connectivity index (χ2n) is 20.7. The Kier molecular flexibility index (Phi) is 37.2. The van der Waals surface area contributed by atoms with E-state index in [9.17, 15) is 9.36 Å². The molecule has 1 saturated heterocycles. The first-order valence-corrected chi connectivity index (χ1v) is 31.2. The van der Waals surface area contributed by atoms with Gasteiger partial charge in [0.25, 0.3) is 5.91 Å². The Balaban J connectivity index is 1.88. The van der Waals surface area contributed by atoms with Crippen LogP contribution in [0, 0.1) is 0 Å². The molecule has 0 aromatic heterocycles. The molecule has 0 spiro atoms. The monoisotopic (exact) mass is 1080 g/mol. The standard InChI is InChI=1S/C61H101F3NO9P/c1-5-9-12-15-18-21-24-27-30-39-47-61(63,64)60(66)65-56-58(69-50-46-52(41-34-29-26-23-20-17-14-11-7-3)68-49-40-31-28-25-22-19-16-13-10-6-2)57(55(51-62)71-59(56)70-48-8-4)74-75(67,72-53-42-35-32-36-43-53)73-54-44-37-33-38-45-54/h8,32-33,35-38,42-45,52,55-59H,4-7,9-31,34,39-41,46-51H2,1-3H3,(H,65,66)/t52-,55-,56-,57-,58-,59+/m1/s1. The third-order valence-electron chi connectivity index (χ3n) is 14.1. The van der Waals surface area contributed by atoms with Crippen molar-refractivity contribution in [3.8, 4) is 11.5 Å². The fraction of sp³-hybridized carbons (Fsp3) is 0.754. The smallest absolute Gasteiger partial charge is 0.395 e. The highest BCUT2D eigenvalue weighted by molar-refractivity contribution is 7.49. The predicted octanol–water partition coefficient (Wildman–Crippen LogP) is 18.0. The van der Waals surface area contributed by atoms with E-state index in [1.54, 1.807) is 60.7 Å². The van der Waals surface area contributed by atoms with Gasteiger partial charge in [-0.1, -0.05) is 237 Å². The SMILES string of the molecule is C=CCO[C@H]1O[C@H](CF)[C@@H](OP(=O)(Oc2ccccc2)Oc2ccccc2)[C@H](OCC[C@@H](CCCCCCCCCCC)OCCCCCCCCCCCC)[C@H]1NC(=O)C(F)(F)CCCCCCCCCCCC.